The van der Waals surface area contributed by atoms with Crippen LogP contribution in [0.5, 0.6) is 5.75 Å². The lowest BCUT2D eigenvalue weighted by atomic mass is 9.92. The zero-order valence-electron chi connectivity index (χ0n) is 16.0. The molecule has 4 rings (SSSR count). The second kappa shape index (κ2) is 8.14. The molecule has 0 unspecified atom stereocenters. The van der Waals surface area contributed by atoms with Crippen LogP contribution in [0.2, 0.25) is 0 Å². The van der Waals surface area contributed by atoms with Gasteiger partial charge in [-0.25, -0.2) is 8.78 Å². The first-order chi connectivity index (χ1) is 14.0. The van der Waals surface area contributed by atoms with E-state index in [9.17, 15) is 13.6 Å². The molecule has 0 aliphatic heterocycles. The van der Waals surface area contributed by atoms with E-state index in [1.54, 1.807) is 6.20 Å². The first kappa shape index (κ1) is 19.3. The second-order valence-electron chi connectivity index (χ2n) is 7.30. The van der Waals surface area contributed by atoms with E-state index in [1.165, 1.54) is 11.7 Å². The van der Waals surface area contributed by atoms with Gasteiger partial charge in [-0.2, -0.15) is 5.10 Å². The van der Waals surface area contributed by atoms with E-state index < -0.39 is 6.43 Å². The lowest BCUT2D eigenvalue weighted by Crippen LogP contribution is -2.40. The maximum absolute atomic E-state index is 12.8. The van der Waals surface area contributed by atoms with E-state index >= 15 is 0 Å². The Hall–Kier alpha value is -3.03. The maximum atomic E-state index is 12.8. The van der Waals surface area contributed by atoms with Crippen molar-refractivity contribution in [3.8, 4) is 5.75 Å². The standard InChI is InChI=1S/C21H22F2N4O2/c1-27-18(11-17(26-27)20(22)23)21(28)25-14-5-7-15(8-6-14)29-19-4-2-3-13-12-24-10-9-16(13)19/h2-4,9-12,14-15,20H,5-8H2,1H3,(H,25,28). The smallest absolute Gasteiger partial charge is 0.282 e. The van der Waals surface area contributed by atoms with Gasteiger partial charge in [0.2, 0.25) is 0 Å². The third-order valence-corrected chi connectivity index (χ3v) is 5.30. The van der Waals surface area contributed by atoms with Crippen LogP contribution in [-0.4, -0.2) is 32.8 Å². The number of aryl methyl sites for hydroxylation is 1. The van der Waals surface area contributed by atoms with Gasteiger partial charge in [0.25, 0.3) is 12.3 Å². The van der Waals surface area contributed by atoms with Crippen molar-refractivity contribution in [3.05, 3.63) is 54.1 Å². The summed E-state index contributed by atoms with van der Waals surface area (Å²) in [7, 11) is 1.49. The first-order valence-electron chi connectivity index (χ1n) is 9.63. The van der Waals surface area contributed by atoms with Gasteiger partial charge >= 0.3 is 0 Å². The minimum atomic E-state index is -2.69. The fourth-order valence-electron chi connectivity index (χ4n) is 3.77. The zero-order valence-corrected chi connectivity index (χ0v) is 16.0. The minimum Gasteiger partial charge on any atom is -0.490 e. The number of alkyl halides is 2. The second-order valence-corrected chi connectivity index (χ2v) is 7.30. The van der Waals surface area contributed by atoms with Gasteiger partial charge in [-0.15, -0.1) is 0 Å². The molecule has 29 heavy (non-hydrogen) atoms. The quantitative estimate of drug-likeness (QED) is 0.702. The molecule has 1 aromatic carbocycles. The molecular weight excluding hydrogens is 378 g/mol. The number of pyridine rings is 1. The van der Waals surface area contributed by atoms with Crippen molar-refractivity contribution in [2.24, 2.45) is 7.05 Å². The average molecular weight is 400 g/mol. The van der Waals surface area contributed by atoms with Crippen LogP contribution in [0.15, 0.2) is 42.7 Å². The highest BCUT2D eigenvalue weighted by Crippen LogP contribution is 2.29. The fourth-order valence-corrected chi connectivity index (χ4v) is 3.77. The topological polar surface area (TPSA) is 69.0 Å². The first-order valence-corrected chi connectivity index (χ1v) is 9.63. The number of carbonyl (C=O) groups excluding carboxylic acids is 1. The summed E-state index contributed by atoms with van der Waals surface area (Å²) < 4.78 is 33.0. The van der Waals surface area contributed by atoms with Crippen LogP contribution in [0.4, 0.5) is 8.78 Å². The summed E-state index contributed by atoms with van der Waals surface area (Å²) in [5.41, 5.74) is -0.247. The number of hydrogen-bond donors (Lipinski definition) is 1. The van der Waals surface area contributed by atoms with E-state index in [2.05, 4.69) is 15.4 Å². The molecule has 0 atom stereocenters. The van der Waals surface area contributed by atoms with Crippen molar-refractivity contribution in [3.63, 3.8) is 0 Å². The third kappa shape index (κ3) is 4.21. The van der Waals surface area contributed by atoms with Crippen LogP contribution in [-0.2, 0) is 7.05 Å². The van der Waals surface area contributed by atoms with E-state index in [1.807, 2.05) is 30.5 Å². The summed E-state index contributed by atoms with van der Waals surface area (Å²) in [6.45, 7) is 0. The van der Waals surface area contributed by atoms with Crippen molar-refractivity contribution in [2.75, 3.05) is 0 Å². The number of benzene rings is 1. The Morgan fingerprint density at radius 3 is 2.76 bits per heavy atom. The van der Waals surface area contributed by atoms with E-state index in [0.29, 0.717) is 0 Å². The molecule has 0 bridgehead atoms. The van der Waals surface area contributed by atoms with Gasteiger partial charge in [0.05, 0.1) is 6.10 Å². The van der Waals surface area contributed by atoms with Gasteiger partial charge in [0.15, 0.2) is 0 Å². The Morgan fingerprint density at radius 1 is 1.24 bits per heavy atom. The monoisotopic (exact) mass is 400 g/mol. The molecule has 1 saturated carbocycles. The molecule has 1 fully saturated rings. The molecule has 6 nitrogen and oxygen atoms in total. The number of aromatic nitrogens is 3. The highest BCUT2D eigenvalue weighted by Gasteiger charge is 2.26. The lowest BCUT2D eigenvalue weighted by molar-refractivity contribution is 0.0886. The van der Waals surface area contributed by atoms with Gasteiger partial charge in [0, 0.05) is 36.3 Å². The highest BCUT2D eigenvalue weighted by atomic mass is 19.3. The number of amides is 1. The summed E-state index contributed by atoms with van der Waals surface area (Å²) in [5.74, 6) is 0.463. The van der Waals surface area contributed by atoms with Crippen LogP contribution in [0, 0.1) is 0 Å². The Bertz CT molecular complexity index is 1010. The van der Waals surface area contributed by atoms with Crippen molar-refractivity contribution in [1.82, 2.24) is 20.1 Å². The molecule has 0 spiro atoms. The average Bonchev–Trinajstić information content (AvgIpc) is 3.12. The van der Waals surface area contributed by atoms with Gasteiger partial charge in [-0.3, -0.25) is 14.5 Å². The normalized spacial score (nSPS) is 19.4. The number of ether oxygens (including phenoxy) is 1. The minimum absolute atomic E-state index is 0.0102. The molecule has 0 radical (unpaired) electrons. The summed E-state index contributed by atoms with van der Waals surface area (Å²) in [6.07, 6.45) is 4.08. The molecule has 3 aromatic rings. The fraction of sp³-hybridized carbons (Fsp3) is 0.381. The molecule has 2 heterocycles. The van der Waals surface area contributed by atoms with Gasteiger partial charge in [0.1, 0.15) is 17.1 Å². The molecule has 8 heteroatoms. The van der Waals surface area contributed by atoms with Gasteiger partial charge in [-0.1, -0.05) is 12.1 Å². The van der Waals surface area contributed by atoms with Crippen molar-refractivity contribution in [2.45, 2.75) is 44.3 Å². The molecule has 1 amide bonds. The highest BCUT2D eigenvalue weighted by molar-refractivity contribution is 5.92. The number of fused-ring (bicyclic) bond motifs is 1. The van der Waals surface area contributed by atoms with E-state index in [-0.39, 0.29) is 29.4 Å². The largest absolute Gasteiger partial charge is 0.490 e. The molecule has 1 N–H and O–H groups in total. The number of halogens is 2. The Labute approximate surface area is 166 Å². The number of rotatable bonds is 5. The molecule has 152 valence electrons. The zero-order chi connectivity index (χ0) is 20.4. The molecule has 1 aliphatic carbocycles. The Morgan fingerprint density at radius 2 is 2.03 bits per heavy atom. The number of nitrogens with zero attached hydrogens (tertiary/aromatic N) is 3. The van der Waals surface area contributed by atoms with E-state index in [0.717, 1.165) is 48.3 Å². The van der Waals surface area contributed by atoms with Crippen LogP contribution < -0.4 is 10.1 Å². The van der Waals surface area contributed by atoms with Crippen LogP contribution in [0.3, 0.4) is 0 Å². The summed E-state index contributed by atoms with van der Waals surface area (Å²) >= 11 is 0. The van der Waals surface area contributed by atoms with Crippen molar-refractivity contribution >= 4 is 16.7 Å². The number of carbonyl (C=O) groups is 1. The SMILES string of the molecule is Cn1nc(C(F)F)cc1C(=O)NC1CCC(Oc2cccc3cnccc23)CC1. The van der Waals surface area contributed by atoms with Gasteiger partial charge in [-0.05, 0) is 43.9 Å². The van der Waals surface area contributed by atoms with Crippen molar-refractivity contribution < 1.29 is 18.3 Å². The third-order valence-electron chi connectivity index (χ3n) is 5.30. The lowest BCUT2D eigenvalue weighted by Gasteiger charge is -2.29. The summed E-state index contributed by atoms with van der Waals surface area (Å²) in [5, 5.41) is 8.69. The number of nitrogens with one attached hydrogen (secondary N) is 1. The summed E-state index contributed by atoms with van der Waals surface area (Å²) in [6, 6.07) is 8.98. The van der Waals surface area contributed by atoms with Crippen LogP contribution in [0.25, 0.3) is 10.8 Å². The van der Waals surface area contributed by atoms with Crippen LogP contribution >= 0.6 is 0 Å². The Balaban J connectivity index is 1.34. The molecular formula is C21H22F2N4O2. The summed E-state index contributed by atoms with van der Waals surface area (Å²) in [4.78, 5) is 16.6. The number of hydrogen-bond acceptors (Lipinski definition) is 4. The predicted molar refractivity (Wildman–Crippen MR) is 104 cm³/mol. The maximum Gasteiger partial charge on any atom is 0.282 e. The van der Waals surface area contributed by atoms with Crippen molar-refractivity contribution in [1.29, 1.82) is 0 Å². The van der Waals surface area contributed by atoms with E-state index in [4.69, 9.17) is 4.74 Å². The predicted octanol–water partition coefficient (Wildman–Crippen LogP) is 4.03. The Kier molecular flexibility index (Phi) is 5.42. The molecule has 2 aromatic heterocycles. The van der Waals surface area contributed by atoms with Gasteiger partial charge < -0.3 is 10.1 Å². The molecule has 1 aliphatic rings. The molecule has 0 saturated heterocycles. The van der Waals surface area contributed by atoms with Crippen LogP contribution in [0.1, 0.15) is 48.3 Å².